The molecule has 0 spiro atoms. The highest BCUT2D eigenvalue weighted by atomic mass is 32.2. The number of nitro groups is 1. The van der Waals surface area contributed by atoms with Crippen molar-refractivity contribution >= 4 is 15.5 Å². The molecule has 1 saturated heterocycles. The summed E-state index contributed by atoms with van der Waals surface area (Å²) in [7, 11) is -2.92. The standard InChI is InChI=1S/C13H18N2O4S/c16-15(17)13-6-2-1-4-11(13)7-8-14-10-12-5-3-9-20(12,18)19/h1-2,4,6,12,14H,3,5,7-10H2. The molecule has 1 N–H and O–H groups in total. The van der Waals surface area contributed by atoms with Gasteiger partial charge in [0.1, 0.15) is 0 Å². The van der Waals surface area contributed by atoms with E-state index in [1.807, 2.05) is 0 Å². The van der Waals surface area contributed by atoms with E-state index in [1.54, 1.807) is 18.2 Å². The molecule has 0 aromatic heterocycles. The third-order valence-corrected chi connectivity index (χ3v) is 5.87. The summed E-state index contributed by atoms with van der Waals surface area (Å²) < 4.78 is 23.3. The van der Waals surface area contributed by atoms with Gasteiger partial charge in [-0.2, -0.15) is 0 Å². The Kier molecular flexibility index (Phi) is 4.72. The molecule has 7 heteroatoms. The number of rotatable bonds is 6. The van der Waals surface area contributed by atoms with Crippen LogP contribution >= 0.6 is 0 Å². The second-order valence-electron chi connectivity index (χ2n) is 4.97. The summed E-state index contributed by atoms with van der Waals surface area (Å²) in [5.41, 5.74) is 0.780. The smallest absolute Gasteiger partial charge is 0.272 e. The summed E-state index contributed by atoms with van der Waals surface area (Å²) in [5.74, 6) is 0.281. The third kappa shape index (κ3) is 3.55. The van der Waals surface area contributed by atoms with Crippen LogP contribution in [0.1, 0.15) is 18.4 Å². The summed E-state index contributed by atoms with van der Waals surface area (Å²) in [4.78, 5) is 10.5. The van der Waals surface area contributed by atoms with Gasteiger partial charge in [0.05, 0.1) is 15.9 Å². The molecule has 110 valence electrons. The second-order valence-corrected chi connectivity index (χ2v) is 7.37. The lowest BCUT2D eigenvalue weighted by molar-refractivity contribution is -0.385. The van der Waals surface area contributed by atoms with Crippen molar-refractivity contribution in [2.45, 2.75) is 24.5 Å². The monoisotopic (exact) mass is 298 g/mol. The summed E-state index contributed by atoms with van der Waals surface area (Å²) in [5, 5.41) is 13.7. The van der Waals surface area contributed by atoms with E-state index in [2.05, 4.69) is 5.32 Å². The average molecular weight is 298 g/mol. The van der Waals surface area contributed by atoms with Gasteiger partial charge >= 0.3 is 0 Å². The van der Waals surface area contributed by atoms with Crippen molar-refractivity contribution in [2.75, 3.05) is 18.8 Å². The molecular formula is C13H18N2O4S. The van der Waals surface area contributed by atoms with E-state index >= 15 is 0 Å². The predicted molar refractivity (Wildman–Crippen MR) is 76.5 cm³/mol. The van der Waals surface area contributed by atoms with E-state index in [0.29, 0.717) is 31.5 Å². The Hall–Kier alpha value is -1.47. The quantitative estimate of drug-likeness (QED) is 0.486. The minimum absolute atomic E-state index is 0.114. The zero-order chi connectivity index (χ0) is 14.6. The van der Waals surface area contributed by atoms with Gasteiger partial charge in [-0.15, -0.1) is 0 Å². The topological polar surface area (TPSA) is 89.3 Å². The Morgan fingerprint density at radius 3 is 2.75 bits per heavy atom. The van der Waals surface area contributed by atoms with E-state index in [9.17, 15) is 18.5 Å². The van der Waals surface area contributed by atoms with Crippen LogP contribution in [0.4, 0.5) is 5.69 Å². The van der Waals surface area contributed by atoms with Crippen LogP contribution in [0, 0.1) is 10.1 Å². The molecule has 0 saturated carbocycles. The number of sulfone groups is 1. The molecule has 0 bridgehead atoms. The van der Waals surface area contributed by atoms with Gasteiger partial charge in [-0.05, 0) is 25.8 Å². The number of nitrogens with one attached hydrogen (secondary N) is 1. The molecule has 1 heterocycles. The molecular weight excluding hydrogens is 280 g/mol. The molecule has 2 rings (SSSR count). The molecule has 0 radical (unpaired) electrons. The van der Waals surface area contributed by atoms with Gasteiger partial charge < -0.3 is 5.32 Å². The first-order chi connectivity index (χ1) is 9.50. The number of nitro benzene ring substituents is 1. The third-order valence-electron chi connectivity index (χ3n) is 3.59. The SMILES string of the molecule is O=[N+]([O-])c1ccccc1CCNCC1CCCS1(=O)=O. The Morgan fingerprint density at radius 2 is 2.10 bits per heavy atom. The molecule has 1 aromatic carbocycles. The van der Waals surface area contributed by atoms with Gasteiger partial charge in [-0.1, -0.05) is 18.2 Å². The molecule has 0 aliphatic carbocycles. The van der Waals surface area contributed by atoms with Crippen LogP contribution in [0.2, 0.25) is 0 Å². The summed E-state index contributed by atoms with van der Waals surface area (Å²) >= 11 is 0. The highest BCUT2D eigenvalue weighted by molar-refractivity contribution is 7.92. The number of hydrogen-bond acceptors (Lipinski definition) is 5. The van der Waals surface area contributed by atoms with Gasteiger partial charge in [0, 0.05) is 18.2 Å². The van der Waals surface area contributed by atoms with E-state index in [4.69, 9.17) is 0 Å². The molecule has 1 aliphatic rings. The zero-order valence-corrected chi connectivity index (χ0v) is 11.9. The van der Waals surface area contributed by atoms with E-state index in [1.165, 1.54) is 6.07 Å². The van der Waals surface area contributed by atoms with E-state index in [0.717, 1.165) is 6.42 Å². The molecule has 0 amide bonds. The normalized spacial score (nSPS) is 20.9. The number of para-hydroxylation sites is 1. The van der Waals surface area contributed by atoms with Crippen molar-refractivity contribution in [3.63, 3.8) is 0 Å². The fourth-order valence-electron chi connectivity index (χ4n) is 2.47. The van der Waals surface area contributed by atoms with Gasteiger partial charge in [0.2, 0.25) is 0 Å². The van der Waals surface area contributed by atoms with Crippen LogP contribution in [0.25, 0.3) is 0 Å². The lowest BCUT2D eigenvalue weighted by atomic mass is 10.1. The van der Waals surface area contributed by atoms with Crippen LogP contribution in [-0.4, -0.2) is 37.4 Å². The Balaban J connectivity index is 1.84. The van der Waals surface area contributed by atoms with Crippen LogP contribution in [0.3, 0.4) is 0 Å². The molecule has 1 unspecified atom stereocenters. The molecule has 1 aliphatic heterocycles. The second kappa shape index (κ2) is 6.32. The summed E-state index contributed by atoms with van der Waals surface area (Å²) in [6.45, 7) is 0.972. The van der Waals surface area contributed by atoms with Crippen molar-refractivity contribution in [1.29, 1.82) is 0 Å². The van der Waals surface area contributed by atoms with Crippen LogP contribution < -0.4 is 5.32 Å². The minimum atomic E-state index is -2.92. The summed E-state index contributed by atoms with van der Waals surface area (Å²) in [6.07, 6.45) is 1.96. The molecule has 6 nitrogen and oxygen atoms in total. The molecule has 20 heavy (non-hydrogen) atoms. The fourth-order valence-corrected chi connectivity index (χ4v) is 4.27. The number of hydrogen-bond donors (Lipinski definition) is 1. The number of nitrogens with zero attached hydrogens (tertiary/aromatic N) is 1. The Morgan fingerprint density at radius 1 is 1.35 bits per heavy atom. The van der Waals surface area contributed by atoms with Crippen LogP contribution in [-0.2, 0) is 16.3 Å². The van der Waals surface area contributed by atoms with Gasteiger partial charge in [-0.25, -0.2) is 8.42 Å². The van der Waals surface area contributed by atoms with Crippen molar-refractivity contribution in [1.82, 2.24) is 5.32 Å². The van der Waals surface area contributed by atoms with E-state index < -0.39 is 14.8 Å². The molecule has 1 atom stereocenters. The molecule has 1 aromatic rings. The summed E-state index contributed by atoms with van der Waals surface area (Å²) in [6, 6.07) is 6.62. The highest BCUT2D eigenvalue weighted by Crippen LogP contribution is 2.20. The van der Waals surface area contributed by atoms with Crippen molar-refractivity contribution in [2.24, 2.45) is 0 Å². The molecule has 1 fully saturated rings. The van der Waals surface area contributed by atoms with Gasteiger partial charge in [-0.3, -0.25) is 10.1 Å². The van der Waals surface area contributed by atoms with Crippen LogP contribution in [0.15, 0.2) is 24.3 Å². The lowest BCUT2D eigenvalue weighted by Gasteiger charge is -2.10. The van der Waals surface area contributed by atoms with E-state index in [-0.39, 0.29) is 16.7 Å². The lowest BCUT2D eigenvalue weighted by Crippen LogP contribution is -2.31. The minimum Gasteiger partial charge on any atom is -0.315 e. The first-order valence-electron chi connectivity index (χ1n) is 6.65. The van der Waals surface area contributed by atoms with Gasteiger partial charge in [0.15, 0.2) is 9.84 Å². The Labute approximate surface area is 118 Å². The van der Waals surface area contributed by atoms with Crippen LogP contribution in [0.5, 0.6) is 0 Å². The Bertz CT molecular complexity index is 586. The number of benzene rings is 1. The predicted octanol–water partition coefficient (Wildman–Crippen LogP) is 1.30. The maximum absolute atomic E-state index is 11.6. The zero-order valence-electron chi connectivity index (χ0n) is 11.1. The maximum atomic E-state index is 11.6. The van der Waals surface area contributed by atoms with Gasteiger partial charge in [0.25, 0.3) is 5.69 Å². The largest absolute Gasteiger partial charge is 0.315 e. The highest BCUT2D eigenvalue weighted by Gasteiger charge is 2.30. The van der Waals surface area contributed by atoms with Crippen molar-refractivity contribution in [3.05, 3.63) is 39.9 Å². The fraction of sp³-hybridized carbons (Fsp3) is 0.538. The van der Waals surface area contributed by atoms with Crippen molar-refractivity contribution in [3.8, 4) is 0 Å². The first kappa shape index (κ1) is 14.9. The maximum Gasteiger partial charge on any atom is 0.272 e. The van der Waals surface area contributed by atoms with Crippen molar-refractivity contribution < 1.29 is 13.3 Å². The first-order valence-corrected chi connectivity index (χ1v) is 8.37. The average Bonchev–Trinajstić information content (AvgIpc) is 2.74.